The molecule has 1 heterocycles. The van der Waals surface area contributed by atoms with Crippen LogP contribution < -0.4 is 5.32 Å². The molecule has 2 aromatic rings. The number of rotatable bonds is 2. The molecule has 0 aliphatic rings. The normalized spacial score (nSPS) is 10.3. The Morgan fingerprint density at radius 2 is 2.06 bits per heavy atom. The lowest BCUT2D eigenvalue weighted by atomic mass is 10.2. The number of halogens is 2. The Kier molecular flexibility index (Phi) is 3.41. The van der Waals surface area contributed by atoms with Crippen molar-refractivity contribution in [2.45, 2.75) is 6.92 Å². The van der Waals surface area contributed by atoms with Crippen molar-refractivity contribution in [2.24, 2.45) is 0 Å². The number of furan rings is 1. The van der Waals surface area contributed by atoms with Crippen LogP contribution >= 0.6 is 23.2 Å². The van der Waals surface area contributed by atoms with Gasteiger partial charge in [0, 0.05) is 10.7 Å². The molecular weight excluding hydrogens is 261 g/mol. The van der Waals surface area contributed by atoms with Crippen LogP contribution in [0.3, 0.4) is 0 Å². The summed E-state index contributed by atoms with van der Waals surface area (Å²) in [6, 6.07) is 6.74. The van der Waals surface area contributed by atoms with Crippen molar-refractivity contribution in [3.8, 4) is 0 Å². The van der Waals surface area contributed by atoms with Crippen LogP contribution in [-0.2, 0) is 0 Å². The number of anilines is 1. The van der Waals surface area contributed by atoms with Gasteiger partial charge in [-0.3, -0.25) is 4.79 Å². The van der Waals surface area contributed by atoms with Crippen molar-refractivity contribution in [1.29, 1.82) is 0 Å². The molecule has 1 aromatic carbocycles. The lowest BCUT2D eigenvalue weighted by Gasteiger charge is -2.07. The summed E-state index contributed by atoms with van der Waals surface area (Å²) in [5.41, 5.74) is 1.88. The molecule has 0 saturated heterocycles. The molecule has 88 valence electrons. The van der Waals surface area contributed by atoms with Crippen LogP contribution in [0.15, 0.2) is 34.9 Å². The predicted octanol–water partition coefficient (Wildman–Crippen LogP) is 4.15. The van der Waals surface area contributed by atoms with E-state index in [4.69, 9.17) is 27.6 Å². The van der Waals surface area contributed by atoms with Gasteiger partial charge in [-0.1, -0.05) is 11.6 Å². The third kappa shape index (κ3) is 2.62. The van der Waals surface area contributed by atoms with Crippen LogP contribution in [0.4, 0.5) is 5.69 Å². The minimum Gasteiger partial charge on any atom is -0.452 e. The highest BCUT2D eigenvalue weighted by molar-refractivity contribution is 6.33. The number of aryl methyl sites for hydroxylation is 1. The second-order valence-electron chi connectivity index (χ2n) is 3.52. The molecule has 2 rings (SSSR count). The molecule has 0 spiro atoms. The number of benzene rings is 1. The first kappa shape index (κ1) is 12.0. The van der Waals surface area contributed by atoms with Crippen LogP contribution in [0.25, 0.3) is 0 Å². The Morgan fingerprint density at radius 3 is 2.65 bits per heavy atom. The zero-order valence-corrected chi connectivity index (χ0v) is 10.5. The summed E-state index contributed by atoms with van der Waals surface area (Å²) in [6.45, 7) is 1.86. The second-order valence-corrected chi connectivity index (χ2v) is 4.30. The van der Waals surface area contributed by atoms with E-state index in [-0.39, 0.29) is 11.1 Å². The fourth-order valence-corrected chi connectivity index (χ4v) is 1.84. The molecule has 1 aromatic heterocycles. The summed E-state index contributed by atoms with van der Waals surface area (Å²) in [6.07, 6.45) is 1.37. The number of nitrogens with one attached hydrogen (secondary N) is 1. The highest BCUT2D eigenvalue weighted by atomic mass is 35.5. The topological polar surface area (TPSA) is 42.2 Å². The van der Waals surface area contributed by atoms with E-state index in [2.05, 4.69) is 5.32 Å². The van der Waals surface area contributed by atoms with E-state index in [9.17, 15) is 4.79 Å². The smallest absolute Gasteiger partial charge is 0.260 e. The maximum absolute atomic E-state index is 11.8. The third-order valence-corrected chi connectivity index (χ3v) is 2.83. The Balaban J connectivity index is 2.22. The van der Waals surface area contributed by atoms with Crippen molar-refractivity contribution in [3.63, 3.8) is 0 Å². The predicted molar refractivity (Wildman–Crippen MR) is 67.9 cm³/mol. The Labute approximate surface area is 108 Å². The van der Waals surface area contributed by atoms with Gasteiger partial charge in [0.15, 0.2) is 0 Å². The van der Waals surface area contributed by atoms with Crippen molar-refractivity contribution in [2.75, 3.05) is 5.32 Å². The van der Waals surface area contributed by atoms with Gasteiger partial charge >= 0.3 is 0 Å². The molecule has 3 nitrogen and oxygen atoms in total. The molecule has 0 atom stereocenters. The van der Waals surface area contributed by atoms with Crippen molar-refractivity contribution < 1.29 is 9.21 Å². The molecule has 0 unspecified atom stereocenters. The molecule has 17 heavy (non-hydrogen) atoms. The highest BCUT2D eigenvalue weighted by Crippen LogP contribution is 2.22. The molecule has 0 aliphatic carbocycles. The number of carbonyl (C=O) groups is 1. The zero-order valence-electron chi connectivity index (χ0n) is 8.96. The van der Waals surface area contributed by atoms with Crippen molar-refractivity contribution in [1.82, 2.24) is 0 Å². The number of hydrogen-bond donors (Lipinski definition) is 1. The summed E-state index contributed by atoms with van der Waals surface area (Å²) >= 11 is 11.5. The van der Waals surface area contributed by atoms with Crippen molar-refractivity contribution >= 4 is 34.8 Å². The summed E-state index contributed by atoms with van der Waals surface area (Å²) in [5.74, 6) is -0.311. The lowest BCUT2D eigenvalue weighted by molar-refractivity contribution is 0.102. The Hall–Kier alpha value is -1.45. The first-order valence-electron chi connectivity index (χ1n) is 4.88. The van der Waals surface area contributed by atoms with Gasteiger partial charge < -0.3 is 9.73 Å². The van der Waals surface area contributed by atoms with Gasteiger partial charge in [0.1, 0.15) is 0 Å². The molecule has 1 N–H and O–H groups in total. The zero-order chi connectivity index (χ0) is 12.4. The average Bonchev–Trinajstić information content (AvgIpc) is 2.68. The van der Waals surface area contributed by atoms with E-state index in [1.165, 1.54) is 12.3 Å². The summed E-state index contributed by atoms with van der Waals surface area (Å²) in [4.78, 5) is 11.8. The van der Waals surface area contributed by atoms with E-state index in [1.807, 2.05) is 6.92 Å². The Morgan fingerprint density at radius 1 is 1.29 bits per heavy atom. The second kappa shape index (κ2) is 4.82. The van der Waals surface area contributed by atoms with Gasteiger partial charge in [-0.05, 0) is 48.4 Å². The number of hydrogen-bond acceptors (Lipinski definition) is 2. The highest BCUT2D eigenvalue weighted by Gasteiger charge is 2.13. The summed E-state index contributed by atoms with van der Waals surface area (Å²) in [7, 11) is 0. The van der Waals surface area contributed by atoms with Gasteiger partial charge in [-0.2, -0.15) is 0 Å². The molecular formula is C12H9Cl2NO2. The van der Waals surface area contributed by atoms with Crippen LogP contribution in [0.2, 0.25) is 10.2 Å². The molecule has 1 amide bonds. The minimum atomic E-state index is -0.311. The standard InChI is InChI=1S/C12H9Cl2NO2/c1-7-6-8(13)2-3-10(7)15-12(16)9-4-5-17-11(9)14/h2-6H,1H3,(H,15,16). The monoisotopic (exact) mass is 269 g/mol. The van der Waals surface area contributed by atoms with Crippen LogP contribution in [-0.4, -0.2) is 5.91 Å². The maximum Gasteiger partial charge on any atom is 0.260 e. The SMILES string of the molecule is Cc1cc(Cl)ccc1NC(=O)c1ccoc1Cl. The van der Waals surface area contributed by atoms with E-state index in [1.54, 1.807) is 18.2 Å². The molecule has 0 radical (unpaired) electrons. The molecule has 0 aliphatic heterocycles. The molecule has 5 heteroatoms. The molecule has 0 fully saturated rings. The van der Waals surface area contributed by atoms with Gasteiger partial charge in [0.2, 0.25) is 5.22 Å². The van der Waals surface area contributed by atoms with E-state index in [0.717, 1.165) is 5.56 Å². The first-order chi connectivity index (χ1) is 8.08. The van der Waals surface area contributed by atoms with Gasteiger partial charge in [0.25, 0.3) is 5.91 Å². The third-order valence-electron chi connectivity index (χ3n) is 2.30. The van der Waals surface area contributed by atoms with Crippen LogP contribution in [0.1, 0.15) is 15.9 Å². The van der Waals surface area contributed by atoms with E-state index < -0.39 is 0 Å². The van der Waals surface area contributed by atoms with E-state index in [0.29, 0.717) is 16.3 Å². The summed E-state index contributed by atoms with van der Waals surface area (Å²) < 4.78 is 4.86. The Bertz CT molecular complexity index is 563. The van der Waals surface area contributed by atoms with E-state index >= 15 is 0 Å². The van der Waals surface area contributed by atoms with Crippen LogP contribution in [0, 0.1) is 6.92 Å². The van der Waals surface area contributed by atoms with Crippen molar-refractivity contribution in [3.05, 3.63) is 51.9 Å². The number of carbonyl (C=O) groups excluding carboxylic acids is 1. The fraction of sp³-hybridized carbons (Fsp3) is 0.0833. The van der Waals surface area contributed by atoms with Gasteiger partial charge in [0.05, 0.1) is 11.8 Å². The molecule has 0 saturated carbocycles. The molecule has 0 bridgehead atoms. The summed E-state index contributed by atoms with van der Waals surface area (Å²) in [5, 5.41) is 3.44. The minimum absolute atomic E-state index is 0.0779. The fourth-order valence-electron chi connectivity index (χ4n) is 1.41. The average molecular weight is 270 g/mol. The number of amides is 1. The maximum atomic E-state index is 11.8. The first-order valence-corrected chi connectivity index (χ1v) is 5.64. The van der Waals surface area contributed by atoms with Gasteiger partial charge in [-0.15, -0.1) is 0 Å². The lowest BCUT2D eigenvalue weighted by Crippen LogP contribution is -2.12. The quantitative estimate of drug-likeness (QED) is 0.890. The van der Waals surface area contributed by atoms with Crippen LogP contribution in [0.5, 0.6) is 0 Å². The van der Waals surface area contributed by atoms with Gasteiger partial charge in [-0.25, -0.2) is 0 Å². The largest absolute Gasteiger partial charge is 0.452 e.